The van der Waals surface area contributed by atoms with Gasteiger partial charge in [-0.1, -0.05) is 6.07 Å². The van der Waals surface area contributed by atoms with Crippen LogP contribution < -0.4 is 10.4 Å². The van der Waals surface area contributed by atoms with E-state index >= 15 is 0 Å². The molecule has 0 spiro atoms. The van der Waals surface area contributed by atoms with Gasteiger partial charge in [-0.15, -0.1) is 0 Å². The molecular formula is C21H27BF2N4O4. The fourth-order valence-electron chi connectivity index (χ4n) is 4.52. The van der Waals surface area contributed by atoms with Crippen molar-refractivity contribution in [1.82, 2.24) is 14.7 Å². The first-order chi connectivity index (χ1) is 15.3. The third-order valence-electron chi connectivity index (χ3n) is 6.34. The van der Waals surface area contributed by atoms with Crippen LogP contribution in [0.25, 0.3) is 0 Å². The SMILES string of the molecule is CC(=O)N1CCc2c(c(N(C)c3ccc(B(O)O)c(C(F)F)c3)nn2C2CCOCC2)C1. The van der Waals surface area contributed by atoms with Gasteiger partial charge in [0.25, 0.3) is 6.43 Å². The van der Waals surface area contributed by atoms with E-state index in [1.54, 1.807) is 22.9 Å². The number of carbonyl (C=O) groups is 1. The van der Waals surface area contributed by atoms with Crippen molar-refractivity contribution in [2.75, 3.05) is 31.7 Å². The van der Waals surface area contributed by atoms with Crippen molar-refractivity contribution in [1.29, 1.82) is 0 Å². The molecule has 4 rings (SSSR count). The molecule has 8 nitrogen and oxygen atoms in total. The maximum Gasteiger partial charge on any atom is 0.488 e. The summed E-state index contributed by atoms with van der Waals surface area (Å²) in [5.74, 6) is 0.583. The fraction of sp³-hybridized carbons (Fsp3) is 0.524. The van der Waals surface area contributed by atoms with E-state index in [9.17, 15) is 23.6 Å². The molecule has 0 atom stereocenters. The van der Waals surface area contributed by atoms with Crippen LogP contribution in [0.2, 0.25) is 0 Å². The summed E-state index contributed by atoms with van der Waals surface area (Å²) < 4.78 is 34.7. The molecule has 1 aromatic carbocycles. The summed E-state index contributed by atoms with van der Waals surface area (Å²) in [5.41, 5.74) is 1.75. The summed E-state index contributed by atoms with van der Waals surface area (Å²) in [6.45, 7) is 3.87. The van der Waals surface area contributed by atoms with Gasteiger partial charge in [0.05, 0.1) is 12.6 Å². The molecule has 2 aromatic rings. The minimum Gasteiger partial charge on any atom is -0.423 e. The third kappa shape index (κ3) is 4.24. The number of hydrogen-bond acceptors (Lipinski definition) is 6. The highest BCUT2D eigenvalue weighted by molar-refractivity contribution is 6.59. The van der Waals surface area contributed by atoms with E-state index in [4.69, 9.17) is 9.84 Å². The topological polar surface area (TPSA) is 91.1 Å². The number of ether oxygens (including phenoxy) is 1. The first-order valence-corrected chi connectivity index (χ1v) is 10.7. The molecule has 0 radical (unpaired) electrons. The lowest BCUT2D eigenvalue weighted by Crippen LogP contribution is -2.35. The summed E-state index contributed by atoms with van der Waals surface area (Å²) in [7, 11) is -0.244. The van der Waals surface area contributed by atoms with Gasteiger partial charge in [0.15, 0.2) is 5.82 Å². The van der Waals surface area contributed by atoms with Crippen LogP contribution >= 0.6 is 0 Å². The molecule has 172 valence electrons. The normalized spacial score (nSPS) is 16.9. The van der Waals surface area contributed by atoms with Crippen molar-refractivity contribution >= 4 is 30.0 Å². The lowest BCUT2D eigenvalue weighted by Gasteiger charge is -2.29. The molecule has 32 heavy (non-hydrogen) atoms. The zero-order valence-corrected chi connectivity index (χ0v) is 18.2. The monoisotopic (exact) mass is 448 g/mol. The highest BCUT2D eigenvalue weighted by Gasteiger charge is 2.32. The van der Waals surface area contributed by atoms with Crippen molar-refractivity contribution in [3.05, 3.63) is 35.0 Å². The number of anilines is 2. The van der Waals surface area contributed by atoms with Gasteiger partial charge in [-0.2, -0.15) is 5.10 Å². The molecular weight excluding hydrogens is 421 g/mol. The Balaban J connectivity index is 1.76. The summed E-state index contributed by atoms with van der Waals surface area (Å²) in [5, 5.41) is 23.7. The summed E-state index contributed by atoms with van der Waals surface area (Å²) in [6, 6.07) is 4.30. The van der Waals surface area contributed by atoms with Crippen LogP contribution in [0.4, 0.5) is 20.3 Å². The van der Waals surface area contributed by atoms with Gasteiger partial charge < -0.3 is 24.6 Å². The van der Waals surface area contributed by atoms with Crippen molar-refractivity contribution in [2.45, 2.75) is 45.2 Å². The molecule has 1 amide bonds. The third-order valence-corrected chi connectivity index (χ3v) is 6.34. The fourth-order valence-corrected chi connectivity index (χ4v) is 4.52. The lowest BCUT2D eigenvalue weighted by molar-refractivity contribution is -0.129. The van der Waals surface area contributed by atoms with Crippen molar-refractivity contribution in [3.8, 4) is 0 Å². The molecule has 0 bridgehead atoms. The van der Waals surface area contributed by atoms with Crippen LogP contribution in [-0.4, -0.2) is 64.6 Å². The zero-order chi connectivity index (χ0) is 23.0. The standard InChI is InChI=1S/C21H27BF2N4O4/c1-13(29)27-8-5-19-17(12-27)21(25-28(19)14-6-9-32-10-7-14)26(2)15-3-4-18(22(30)31)16(11-15)20(23)24/h3-4,11,14,20,30-31H,5-10,12H2,1-2H3. The van der Waals surface area contributed by atoms with E-state index < -0.39 is 19.1 Å². The largest absolute Gasteiger partial charge is 0.488 e. The molecule has 0 saturated carbocycles. The number of amides is 1. The maximum atomic E-state index is 13.6. The van der Waals surface area contributed by atoms with Crippen molar-refractivity contribution in [2.24, 2.45) is 0 Å². The average molecular weight is 448 g/mol. The van der Waals surface area contributed by atoms with E-state index in [1.807, 2.05) is 4.68 Å². The Bertz CT molecular complexity index is 994. The van der Waals surface area contributed by atoms with Gasteiger partial charge >= 0.3 is 7.12 Å². The van der Waals surface area contributed by atoms with Crippen LogP contribution in [0.1, 0.15) is 49.1 Å². The molecule has 1 saturated heterocycles. The molecule has 1 aromatic heterocycles. The average Bonchev–Trinajstić information content (AvgIpc) is 3.17. The number of carbonyl (C=O) groups excluding carboxylic acids is 1. The summed E-state index contributed by atoms with van der Waals surface area (Å²) in [6.07, 6.45) is -0.508. The number of benzene rings is 1. The first kappa shape index (κ1) is 22.7. The molecule has 0 aliphatic carbocycles. The Morgan fingerprint density at radius 3 is 2.66 bits per heavy atom. The van der Waals surface area contributed by atoms with Gasteiger partial charge in [-0.25, -0.2) is 8.78 Å². The molecule has 0 unspecified atom stereocenters. The smallest absolute Gasteiger partial charge is 0.423 e. The molecule has 1 fully saturated rings. The number of alkyl halides is 2. The molecule has 11 heteroatoms. The van der Waals surface area contributed by atoms with Crippen LogP contribution in [-0.2, 0) is 22.5 Å². The van der Waals surface area contributed by atoms with Crippen LogP contribution in [0.5, 0.6) is 0 Å². The predicted molar refractivity (Wildman–Crippen MR) is 115 cm³/mol. The predicted octanol–water partition coefficient (Wildman–Crippen LogP) is 1.52. The van der Waals surface area contributed by atoms with Crippen LogP contribution in [0, 0.1) is 0 Å². The lowest BCUT2D eigenvalue weighted by atomic mass is 9.77. The number of halogens is 2. The zero-order valence-electron chi connectivity index (χ0n) is 18.2. The minimum atomic E-state index is -2.86. The second-order valence-electron chi connectivity index (χ2n) is 8.27. The van der Waals surface area contributed by atoms with Crippen LogP contribution in [0.15, 0.2) is 18.2 Å². The van der Waals surface area contributed by atoms with E-state index in [1.165, 1.54) is 19.1 Å². The molecule has 2 aliphatic heterocycles. The van der Waals surface area contributed by atoms with E-state index in [-0.39, 0.29) is 17.4 Å². The van der Waals surface area contributed by atoms with Crippen LogP contribution in [0.3, 0.4) is 0 Å². The summed E-state index contributed by atoms with van der Waals surface area (Å²) in [4.78, 5) is 15.5. The van der Waals surface area contributed by atoms with Gasteiger partial charge in [0, 0.05) is 62.7 Å². The number of rotatable bonds is 5. The second kappa shape index (κ2) is 9.17. The number of nitrogens with zero attached hydrogens (tertiary/aromatic N) is 4. The molecule has 2 aliphatic rings. The van der Waals surface area contributed by atoms with Gasteiger partial charge in [-0.3, -0.25) is 9.48 Å². The Hall–Kier alpha value is -2.50. The first-order valence-electron chi connectivity index (χ1n) is 10.7. The van der Waals surface area contributed by atoms with Gasteiger partial charge in [0.1, 0.15) is 0 Å². The van der Waals surface area contributed by atoms with E-state index in [2.05, 4.69) is 0 Å². The number of aromatic nitrogens is 2. The number of hydrogen-bond donors (Lipinski definition) is 2. The Morgan fingerprint density at radius 1 is 1.31 bits per heavy atom. The van der Waals surface area contributed by atoms with Crippen molar-refractivity contribution < 1.29 is 28.4 Å². The highest BCUT2D eigenvalue weighted by atomic mass is 19.3. The molecule has 3 heterocycles. The summed E-state index contributed by atoms with van der Waals surface area (Å²) >= 11 is 0. The van der Waals surface area contributed by atoms with Gasteiger partial charge in [-0.05, 0) is 30.4 Å². The Labute approximate surface area is 185 Å². The van der Waals surface area contributed by atoms with Gasteiger partial charge in [0.2, 0.25) is 5.91 Å². The molecule has 2 N–H and O–H groups in total. The highest BCUT2D eigenvalue weighted by Crippen LogP contribution is 2.36. The Morgan fingerprint density at radius 2 is 2.03 bits per heavy atom. The Kier molecular flexibility index (Phi) is 6.50. The maximum absolute atomic E-state index is 13.6. The van der Waals surface area contributed by atoms with E-state index in [0.29, 0.717) is 44.2 Å². The minimum absolute atomic E-state index is 0.0238. The number of fused-ring (bicyclic) bond motifs is 1. The quantitative estimate of drug-likeness (QED) is 0.675. The van der Waals surface area contributed by atoms with E-state index in [0.717, 1.165) is 24.1 Å². The second-order valence-corrected chi connectivity index (χ2v) is 8.27. The van der Waals surface area contributed by atoms with Crippen molar-refractivity contribution in [3.63, 3.8) is 0 Å².